The molecule has 1 heterocycles. The number of aromatic carboxylic acids is 1. The van der Waals surface area contributed by atoms with Gasteiger partial charge >= 0.3 is 5.97 Å². The van der Waals surface area contributed by atoms with E-state index in [0.717, 1.165) is 19.0 Å². The molecule has 2 unspecified atom stereocenters. The van der Waals surface area contributed by atoms with E-state index in [9.17, 15) is 13.6 Å². The molecule has 1 aromatic rings. The van der Waals surface area contributed by atoms with Gasteiger partial charge in [0.15, 0.2) is 0 Å². The number of carboxylic acid groups (broad SMARTS) is 1. The Hall–Kier alpha value is -1.69. The summed E-state index contributed by atoms with van der Waals surface area (Å²) in [5.41, 5.74) is -0.451. The van der Waals surface area contributed by atoms with E-state index in [4.69, 9.17) is 5.11 Å². The van der Waals surface area contributed by atoms with Crippen LogP contribution >= 0.6 is 0 Å². The molecule has 1 saturated heterocycles. The fraction of sp³-hybridized carbons (Fsp3) is 0.533. The Labute approximate surface area is 121 Å². The van der Waals surface area contributed by atoms with Crippen LogP contribution < -0.4 is 5.32 Å². The van der Waals surface area contributed by atoms with Crippen LogP contribution in [0.1, 0.15) is 36.5 Å². The van der Waals surface area contributed by atoms with E-state index < -0.39 is 23.2 Å². The first-order chi connectivity index (χ1) is 9.95. The Morgan fingerprint density at radius 1 is 1.33 bits per heavy atom. The van der Waals surface area contributed by atoms with E-state index in [2.05, 4.69) is 17.1 Å². The molecule has 0 aromatic heterocycles. The number of benzene rings is 1. The minimum atomic E-state index is -1.39. The average molecular weight is 296 g/mol. The Morgan fingerprint density at radius 3 is 2.67 bits per heavy atom. The Balaban J connectivity index is 1.75. The maximum absolute atomic E-state index is 13.8. The second-order valence-electron chi connectivity index (χ2n) is 5.97. The van der Waals surface area contributed by atoms with Crippen LogP contribution in [0.3, 0.4) is 0 Å². The lowest BCUT2D eigenvalue weighted by Gasteiger charge is -2.20. The molecule has 1 saturated carbocycles. The van der Waals surface area contributed by atoms with Crippen LogP contribution in [0.15, 0.2) is 12.1 Å². The van der Waals surface area contributed by atoms with Gasteiger partial charge < -0.3 is 10.4 Å². The standard InChI is InChI=1S/C15H18F2N2O2/c1-8-4-9(7-19(8)10-2-3-10)18-14-5-11(15(20)21)12(16)6-13(14)17/h5-6,8-10,18H,2-4,7H2,1H3,(H,20,21). The molecule has 2 atom stereocenters. The Kier molecular flexibility index (Phi) is 3.57. The number of hydrogen-bond donors (Lipinski definition) is 2. The number of carbonyl (C=O) groups is 1. The van der Waals surface area contributed by atoms with Crippen molar-refractivity contribution in [2.24, 2.45) is 0 Å². The van der Waals surface area contributed by atoms with Crippen LogP contribution in [0, 0.1) is 11.6 Å². The lowest BCUT2D eigenvalue weighted by atomic mass is 10.1. The molecule has 1 aliphatic heterocycles. The number of halogens is 2. The first-order valence-electron chi connectivity index (χ1n) is 7.20. The Morgan fingerprint density at radius 2 is 2.05 bits per heavy atom. The molecular weight excluding hydrogens is 278 g/mol. The number of nitrogens with one attached hydrogen (secondary N) is 1. The third kappa shape index (κ3) is 2.85. The summed E-state index contributed by atoms with van der Waals surface area (Å²) in [6, 6.07) is 2.79. The van der Waals surface area contributed by atoms with Crippen LogP contribution in [-0.4, -0.2) is 40.6 Å². The number of nitrogens with zero attached hydrogens (tertiary/aromatic N) is 1. The highest BCUT2D eigenvalue weighted by molar-refractivity contribution is 5.89. The van der Waals surface area contributed by atoms with E-state index in [1.54, 1.807) is 0 Å². The van der Waals surface area contributed by atoms with Crippen molar-refractivity contribution in [3.63, 3.8) is 0 Å². The van der Waals surface area contributed by atoms with Gasteiger partial charge in [0.05, 0.1) is 11.3 Å². The molecule has 0 radical (unpaired) electrons. The summed E-state index contributed by atoms with van der Waals surface area (Å²) in [5, 5.41) is 11.9. The van der Waals surface area contributed by atoms with Crippen molar-refractivity contribution in [2.75, 3.05) is 11.9 Å². The van der Waals surface area contributed by atoms with Crippen LogP contribution in [0.4, 0.5) is 14.5 Å². The van der Waals surface area contributed by atoms with Gasteiger partial charge in [-0.05, 0) is 32.3 Å². The topological polar surface area (TPSA) is 52.6 Å². The monoisotopic (exact) mass is 296 g/mol. The lowest BCUT2D eigenvalue weighted by molar-refractivity contribution is 0.0692. The summed E-state index contributed by atoms with van der Waals surface area (Å²) in [6.45, 7) is 2.95. The van der Waals surface area contributed by atoms with Gasteiger partial charge in [0, 0.05) is 30.7 Å². The zero-order valence-electron chi connectivity index (χ0n) is 11.8. The zero-order valence-corrected chi connectivity index (χ0v) is 11.8. The summed E-state index contributed by atoms with van der Waals surface area (Å²) in [6.07, 6.45) is 3.30. The number of rotatable bonds is 4. The number of likely N-dealkylation sites (tertiary alicyclic amines) is 1. The molecule has 6 heteroatoms. The van der Waals surface area contributed by atoms with Gasteiger partial charge in [0.25, 0.3) is 0 Å². The molecule has 4 nitrogen and oxygen atoms in total. The molecule has 0 amide bonds. The van der Waals surface area contributed by atoms with Crippen molar-refractivity contribution in [3.8, 4) is 0 Å². The minimum Gasteiger partial charge on any atom is -0.478 e. The van der Waals surface area contributed by atoms with Crippen LogP contribution in [-0.2, 0) is 0 Å². The van der Waals surface area contributed by atoms with E-state index in [1.807, 2.05) is 0 Å². The third-order valence-corrected chi connectivity index (χ3v) is 4.29. The zero-order chi connectivity index (χ0) is 15.1. The summed E-state index contributed by atoms with van der Waals surface area (Å²) in [7, 11) is 0. The summed E-state index contributed by atoms with van der Waals surface area (Å²) >= 11 is 0. The van der Waals surface area contributed by atoms with Crippen LogP contribution in [0.25, 0.3) is 0 Å². The minimum absolute atomic E-state index is 0.0576. The van der Waals surface area contributed by atoms with Crippen molar-refractivity contribution in [3.05, 3.63) is 29.3 Å². The third-order valence-electron chi connectivity index (χ3n) is 4.29. The highest BCUT2D eigenvalue weighted by Gasteiger charge is 2.38. The number of carboxylic acids is 1. The molecule has 0 spiro atoms. The first-order valence-corrected chi connectivity index (χ1v) is 7.20. The molecule has 1 aromatic carbocycles. The summed E-state index contributed by atoms with van der Waals surface area (Å²) in [5.74, 6) is -3.20. The van der Waals surface area contributed by atoms with Gasteiger partial charge in [-0.1, -0.05) is 0 Å². The molecule has 21 heavy (non-hydrogen) atoms. The predicted molar refractivity (Wildman–Crippen MR) is 74.5 cm³/mol. The largest absolute Gasteiger partial charge is 0.478 e. The molecule has 0 bridgehead atoms. The molecule has 2 fully saturated rings. The van der Waals surface area contributed by atoms with Gasteiger partial charge in [-0.15, -0.1) is 0 Å². The predicted octanol–water partition coefficient (Wildman–Crippen LogP) is 2.70. The van der Waals surface area contributed by atoms with Crippen LogP contribution in [0.5, 0.6) is 0 Å². The van der Waals surface area contributed by atoms with Crippen LogP contribution in [0.2, 0.25) is 0 Å². The normalized spacial score (nSPS) is 26.0. The fourth-order valence-electron chi connectivity index (χ4n) is 3.12. The maximum Gasteiger partial charge on any atom is 0.338 e. The van der Waals surface area contributed by atoms with Crippen molar-refractivity contribution in [2.45, 2.75) is 44.3 Å². The van der Waals surface area contributed by atoms with E-state index in [0.29, 0.717) is 18.2 Å². The van der Waals surface area contributed by atoms with Crippen molar-refractivity contribution in [1.29, 1.82) is 0 Å². The van der Waals surface area contributed by atoms with E-state index in [1.165, 1.54) is 12.8 Å². The van der Waals surface area contributed by atoms with Crippen molar-refractivity contribution >= 4 is 11.7 Å². The highest BCUT2D eigenvalue weighted by atomic mass is 19.1. The van der Waals surface area contributed by atoms with Gasteiger partial charge in [0.2, 0.25) is 0 Å². The van der Waals surface area contributed by atoms with Crippen molar-refractivity contribution in [1.82, 2.24) is 4.90 Å². The Bertz CT molecular complexity index is 575. The second-order valence-corrected chi connectivity index (χ2v) is 5.97. The maximum atomic E-state index is 13.8. The number of anilines is 1. The molecule has 3 rings (SSSR count). The fourth-order valence-corrected chi connectivity index (χ4v) is 3.12. The molecule has 2 N–H and O–H groups in total. The summed E-state index contributed by atoms with van der Waals surface area (Å²) in [4.78, 5) is 13.3. The molecular formula is C15H18F2N2O2. The molecule has 114 valence electrons. The van der Waals surface area contributed by atoms with E-state index in [-0.39, 0.29) is 11.7 Å². The van der Waals surface area contributed by atoms with Crippen molar-refractivity contribution < 1.29 is 18.7 Å². The molecule has 2 aliphatic rings. The molecule has 1 aliphatic carbocycles. The van der Waals surface area contributed by atoms with Gasteiger partial charge in [-0.3, -0.25) is 4.90 Å². The van der Waals surface area contributed by atoms with Gasteiger partial charge in [-0.25, -0.2) is 13.6 Å². The van der Waals surface area contributed by atoms with Gasteiger partial charge in [-0.2, -0.15) is 0 Å². The smallest absolute Gasteiger partial charge is 0.338 e. The first kappa shape index (κ1) is 14.3. The quantitative estimate of drug-likeness (QED) is 0.897. The average Bonchev–Trinajstić information content (AvgIpc) is 3.17. The van der Waals surface area contributed by atoms with E-state index >= 15 is 0 Å². The highest BCUT2D eigenvalue weighted by Crippen LogP contribution is 2.34. The van der Waals surface area contributed by atoms with Gasteiger partial charge in [0.1, 0.15) is 11.6 Å². The lowest BCUT2D eigenvalue weighted by Crippen LogP contribution is -2.31. The summed E-state index contributed by atoms with van der Waals surface area (Å²) < 4.78 is 27.2. The second kappa shape index (κ2) is 5.26. The number of hydrogen-bond acceptors (Lipinski definition) is 3. The SMILES string of the molecule is CC1CC(Nc2cc(C(=O)O)c(F)cc2F)CN1C1CC1.